The highest BCUT2D eigenvalue weighted by Gasteiger charge is 2.10. The first-order chi connectivity index (χ1) is 12.4. The first kappa shape index (κ1) is 18.2. The molecule has 0 radical (unpaired) electrons. The molecule has 0 saturated carbocycles. The molecule has 1 heterocycles. The molecule has 0 fully saturated rings. The number of carbonyl (C=O) groups is 1. The number of hydrogen-bond acceptors (Lipinski definition) is 3. The molecule has 0 aliphatic carbocycles. The number of hydrogen-bond donors (Lipinski definition) is 1. The van der Waals surface area contributed by atoms with Crippen LogP contribution in [0.1, 0.15) is 5.56 Å². The fraction of sp³-hybridized carbons (Fsp3) is 0.105. The molecule has 0 bridgehead atoms. The van der Waals surface area contributed by atoms with Gasteiger partial charge < -0.3 is 5.32 Å². The van der Waals surface area contributed by atoms with Gasteiger partial charge in [0.2, 0.25) is 5.91 Å². The molecule has 0 saturated heterocycles. The standard InChI is InChI=1S/C19H15Cl2N3O2/c1-12-2-4-13(5-3-12)16-8-9-19(26)24(23-16)11-18(25)22-17-10-14(20)6-7-15(17)21/h2-10H,11H2,1H3,(H,22,25). The Morgan fingerprint density at radius 1 is 1.08 bits per heavy atom. The van der Waals surface area contributed by atoms with Crippen molar-refractivity contribution in [1.29, 1.82) is 0 Å². The summed E-state index contributed by atoms with van der Waals surface area (Å²) in [6, 6.07) is 15.5. The van der Waals surface area contributed by atoms with Crippen LogP contribution < -0.4 is 10.9 Å². The molecule has 2 aromatic carbocycles. The summed E-state index contributed by atoms with van der Waals surface area (Å²) in [5, 5.41) is 7.72. The second-order valence-electron chi connectivity index (χ2n) is 5.75. The van der Waals surface area contributed by atoms with Gasteiger partial charge in [-0.3, -0.25) is 9.59 Å². The summed E-state index contributed by atoms with van der Waals surface area (Å²) in [5.41, 5.74) is 2.61. The van der Waals surface area contributed by atoms with Crippen LogP contribution in [0.25, 0.3) is 11.3 Å². The fourth-order valence-corrected chi connectivity index (χ4v) is 2.70. The summed E-state index contributed by atoms with van der Waals surface area (Å²) in [4.78, 5) is 24.3. The zero-order chi connectivity index (χ0) is 18.7. The smallest absolute Gasteiger partial charge is 0.267 e. The van der Waals surface area contributed by atoms with E-state index in [1.807, 2.05) is 31.2 Å². The maximum Gasteiger partial charge on any atom is 0.267 e. The Labute approximate surface area is 160 Å². The monoisotopic (exact) mass is 387 g/mol. The van der Waals surface area contributed by atoms with E-state index >= 15 is 0 Å². The van der Waals surface area contributed by atoms with Crippen LogP contribution in [-0.2, 0) is 11.3 Å². The fourth-order valence-electron chi connectivity index (χ4n) is 2.36. The summed E-state index contributed by atoms with van der Waals surface area (Å²) in [7, 11) is 0. The van der Waals surface area contributed by atoms with Gasteiger partial charge in [0.25, 0.3) is 5.56 Å². The van der Waals surface area contributed by atoms with Crippen molar-refractivity contribution in [2.45, 2.75) is 13.5 Å². The molecule has 1 N–H and O–H groups in total. The molecule has 1 aromatic heterocycles. The second-order valence-corrected chi connectivity index (χ2v) is 6.60. The molecule has 0 spiro atoms. The Bertz CT molecular complexity index is 1010. The maximum absolute atomic E-state index is 12.3. The van der Waals surface area contributed by atoms with Crippen molar-refractivity contribution in [3.05, 3.63) is 80.6 Å². The number of aromatic nitrogens is 2. The Kier molecular flexibility index (Phi) is 5.40. The molecule has 3 rings (SSSR count). The first-order valence-corrected chi connectivity index (χ1v) is 8.58. The van der Waals surface area contributed by atoms with Crippen molar-refractivity contribution in [3.63, 3.8) is 0 Å². The van der Waals surface area contributed by atoms with Gasteiger partial charge in [-0.25, -0.2) is 4.68 Å². The van der Waals surface area contributed by atoms with Crippen molar-refractivity contribution in [2.75, 3.05) is 5.32 Å². The minimum absolute atomic E-state index is 0.235. The minimum atomic E-state index is -0.426. The van der Waals surface area contributed by atoms with Crippen molar-refractivity contribution in [1.82, 2.24) is 9.78 Å². The zero-order valence-electron chi connectivity index (χ0n) is 13.9. The van der Waals surface area contributed by atoms with Crippen LogP contribution in [0, 0.1) is 6.92 Å². The first-order valence-electron chi connectivity index (χ1n) is 7.82. The van der Waals surface area contributed by atoms with E-state index in [0.29, 0.717) is 21.4 Å². The SMILES string of the molecule is Cc1ccc(-c2ccc(=O)n(CC(=O)Nc3cc(Cl)ccc3Cl)n2)cc1. The predicted molar refractivity (Wildman–Crippen MR) is 104 cm³/mol. The van der Waals surface area contributed by atoms with Crippen LogP contribution in [-0.4, -0.2) is 15.7 Å². The topological polar surface area (TPSA) is 64.0 Å². The summed E-state index contributed by atoms with van der Waals surface area (Å²) < 4.78 is 1.11. The van der Waals surface area contributed by atoms with Crippen molar-refractivity contribution < 1.29 is 4.79 Å². The highest BCUT2D eigenvalue weighted by atomic mass is 35.5. The lowest BCUT2D eigenvalue weighted by atomic mass is 10.1. The third kappa shape index (κ3) is 4.31. The third-order valence-electron chi connectivity index (χ3n) is 3.71. The summed E-state index contributed by atoms with van der Waals surface area (Å²) in [5.74, 6) is -0.426. The van der Waals surface area contributed by atoms with Gasteiger partial charge in [-0.2, -0.15) is 5.10 Å². The van der Waals surface area contributed by atoms with Crippen LogP contribution in [0.4, 0.5) is 5.69 Å². The molecule has 132 valence electrons. The Morgan fingerprint density at radius 2 is 1.81 bits per heavy atom. The van der Waals surface area contributed by atoms with Gasteiger partial charge in [-0.05, 0) is 31.2 Å². The van der Waals surface area contributed by atoms with Crippen LogP contribution in [0.5, 0.6) is 0 Å². The van der Waals surface area contributed by atoms with Gasteiger partial charge in [0.05, 0.1) is 16.4 Å². The summed E-state index contributed by atoms with van der Waals surface area (Å²) in [6.45, 7) is 1.75. The summed E-state index contributed by atoms with van der Waals surface area (Å²) in [6.07, 6.45) is 0. The highest BCUT2D eigenvalue weighted by molar-refractivity contribution is 6.35. The van der Waals surface area contributed by atoms with E-state index in [1.54, 1.807) is 24.3 Å². The number of aryl methyl sites for hydroxylation is 1. The molecule has 0 unspecified atom stereocenters. The van der Waals surface area contributed by atoms with Gasteiger partial charge in [0.15, 0.2) is 0 Å². The maximum atomic E-state index is 12.3. The number of rotatable bonds is 4. The van der Waals surface area contributed by atoms with E-state index in [2.05, 4.69) is 10.4 Å². The predicted octanol–water partition coefficient (Wildman–Crippen LogP) is 4.16. The van der Waals surface area contributed by atoms with Gasteiger partial charge in [0, 0.05) is 16.7 Å². The number of halogens is 2. The van der Waals surface area contributed by atoms with Crippen LogP contribution in [0.2, 0.25) is 10.0 Å². The summed E-state index contributed by atoms with van der Waals surface area (Å²) >= 11 is 11.9. The molecule has 0 aliphatic rings. The second kappa shape index (κ2) is 7.72. The van der Waals surface area contributed by atoms with Crippen molar-refractivity contribution in [3.8, 4) is 11.3 Å². The van der Waals surface area contributed by atoms with Crippen molar-refractivity contribution >= 4 is 34.8 Å². The van der Waals surface area contributed by atoms with Crippen LogP contribution >= 0.6 is 23.2 Å². The van der Waals surface area contributed by atoms with Gasteiger partial charge >= 0.3 is 0 Å². The average Bonchev–Trinajstić information content (AvgIpc) is 2.61. The Balaban J connectivity index is 1.81. The normalized spacial score (nSPS) is 10.6. The van der Waals surface area contributed by atoms with E-state index < -0.39 is 5.91 Å². The lowest BCUT2D eigenvalue weighted by Crippen LogP contribution is -2.29. The number of carbonyl (C=O) groups excluding carboxylic acids is 1. The molecule has 26 heavy (non-hydrogen) atoms. The Morgan fingerprint density at radius 3 is 2.54 bits per heavy atom. The minimum Gasteiger partial charge on any atom is -0.323 e. The number of amides is 1. The molecule has 1 amide bonds. The molecule has 5 nitrogen and oxygen atoms in total. The largest absolute Gasteiger partial charge is 0.323 e. The number of nitrogens with zero attached hydrogens (tertiary/aromatic N) is 2. The average molecular weight is 388 g/mol. The van der Waals surface area contributed by atoms with Crippen LogP contribution in [0.3, 0.4) is 0 Å². The molecular weight excluding hydrogens is 373 g/mol. The van der Waals surface area contributed by atoms with E-state index in [-0.39, 0.29) is 12.1 Å². The van der Waals surface area contributed by atoms with Crippen LogP contribution in [0.15, 0.2) is 59.4 Å². The molecule has 7 heteroatoms. The van der Waals surface area contributed by atoms with Gasteiger partial charge in [-0.1, -0.05) is 53.0 Å². The van der Waals surface area contributed by atoms with E-state index in [9.17, 15) is 9.59 Å². The van der Waals surface area contributed by atoms with Gasteiger partial charge in [-0.15, -0.1) is 0 Å². The highest BCUT2D eigenvalue weighted by Crippen LogP contribution is 2.25. The molecule has 0 aliphatic heterocycles. The molecular formula is C19H15Cl2N3O2. The van der Waals surface area contributed by atoms with E-state index in [0.717, 1.165) is 15.8 Å². The Hall–Kier alpha value is -2.63. The van der Waals surface area contributed by atoms with Gasteiger partial charge in [0.1, 0.15) is 6.54 Å². The number of anilines is 1. The quantitative estimate of drug-likeness (QED) is 0.730. The molecule has 0 atom stereocenters. The van der Waals surface area contributed by atoms with E-state index in [4.69, 9.17) is 23.2 Å². The molecule has 3 aromatic rings. The number of nitrogens with one attached hydrogen (secondary N) is 1. The third-order valence-corrected chi connectivity index (χ3v) is 4.27. The lowest BCUT2D eigenvalue weighted by molar-refractivity contribution is -0.117. The number of benzene rings is 2. The zero-order valence-corrected chi connectivity index (χ0v) is 15.4. The lowest BCUT2D eigenvalue weighted by Gasteiger charge is -2.10. The van der Waals surface area contributed by atoms with Crippen molar-refractivity contribution in [2.24, 2.45) is 0 Å². The van der Waals surface area contributed by atoms with E-state index in [1.165, 1.54) is 6.07 Å².